The molecule has 0 saturated heterocycles. The summed E-state index contributed by atoms with van der Waals surface area (Å²) < 4.78 is 11.5. The van der Waals surface area contributed by atoms with E-state index in [0.717, 1.165) is 33.4 Å². The summed E-state index contributed by atoms with van der Waals surface area (Å²) in [5.74, 6) is 1.36. The van der Waals surface area contributed by atoms with Gasteiger partial charge >= 0.3 is 0 Å². The number of anilines is 2. The predicted molar refractivity (Wildman–Crippen MR) is 123 cm³/mol. The number of carbonyl (C=O) groups is 1. The third-order valence-electron chi connectivity index (χ3n) is 5.50. The molecule has 0 saturated carbocycles. The van der Waals surface area contributed by atoms with Crippen LogP contribution >= 0.6 is 11.3 Å². The van der Waals surface area contributed by atoms with Gasteiger partial charge in [-0.1, -0.05) is 35.6 Å². The Kier molecular flexibility index (Phi) is 4.98. The molecule has 0 unspecified atom stereocenters. The SMILES string of the molecule is CC1(C)Cc2nc(N3CCOc4ccc(-c5ccccc5OCC#N)cc43)sc2C(=O)N1. The molecule has 5 rings (SSSR count). The highest BCUT2D eigenvalue weighted by Gasteiger charge is 2.34. The van der Waals surface area contributed by atoms with Crippen LogP contribution in [0.1, 0.15) is 29.2 Å². The standard InChI is InChI=1S/C24H22N4O3S/c1-24(2)14-17-21(22(29)27-24)32-23(26-17)28-10-12-31-20-8-7-15(13-18(20)28)16-5-3-4-6-19(16)30-11-9-25/h3-8,13H,10-12,14H2,1-2H3,(H,27,29). The Labute approximate surface area is 190 Å². The molecule has 32 heavy (non-hydrogen) atoms. The lowest BCUT2D eigenvalue weighted by Gasteiger charge is -2.30. The lowest BCUT2D eigenvalue weighted by Crippen LogP contribution is -2.48. The number of carbonyl (C=O) groups excluding carboxylic acids is 1. The number of hydrogen-bond donors (Lipinski definition) is 1. The Hall–Kier alpha value is -3.57. The molecule has 1 N–H and O–H groups in total. The fourth-order valence-corrected chi connectivity index (χ4v) is 5.12. The van der Waals surface area contributed by atoms with E-state index in [1.165, 1.54) is 11.3 Å². The summed E-state index contributed by atoms with van der Waals surface area (Å²) >= 11 is 1.42. The van der Waals surface area contributed by atoms with E-state index in [-0.39, 0.29) is 18.1 Å². The average molecular weight is 447 g/mol. The fraction of sp³-hybridized carbons (Fsp3) is 0.292. The van der Waals surface area contributed by atoms with Crippen molar-refractivity contribution in [3.8, 4) is 28.7 Å². The summed E-state index contributed by atoms with van der Waals surface area (Å²) in [6.07, 6.45) is 0.700. The Morgan fingerprint density at radius 1 is 1.31 bits per heavy atom. The van der Waals surface area contributed by atoms with E-state index in [1.54, 1.807) is 0 Å². The summed E-state index contributed by atoms with van der Waals surface area (Å²) in [5, 5.41) is 12.7. The minimum atomic E-state index is -0.307. The van der Waals surface area contributed by atoms with Gasteiger partial charge in [0.15, 0.2) is 11.7 Å². The van der Waals surface area contributed by atoms with Crippen molar-refractivity contribution in [3.05, 3.63) is 53.0 Å². The van der Waals surface area contributed by atoms with Crippen LogP contribution in [0, 0.1) is 11.3 Å². The van der Waals surface area contributed by atoms with Crippen LogP contribution in [0.25, 0.3) is 11.1 Å². The monoisotopic (exact) mass is 446 g/mol. The van der Waals surface area contributed by atoms with Crippen LogP contribution in [0.5, 0.6) is 11.5 Å². The number of rotatable bonds is 4. The van der Waals surface area contributed by atoms with Gasteiger partial charge in [0.1, 0.15) is 29.1 Å². The molecule has 2 aliphatic heterocycles. The van der Waals surface area contributed by atoms with Crippen LogP contribution in [0.4, 0.5) is 10.8 Å². The molecule has 2 aromatic carbocycles. The Morgan fingerprint density at radius 2 is 2.16 bits per heavy atom. The number of nitrogens with zero attached hydrogens (tertiary/aromatic N) is 3. The minimum Gasteiger partial charge on any atom is -0.490 e. The third kappa shape index (κ3) is 3.65. The summed E-state index contributed by atoms with van der Waals surface area (Å²) in [5.41, 5.74) is 3.29. The number of fused-ring (bicyclic) bond motifs is 2. The second kappa shape index (κ2) is 7.84. The molecule has 0 spiro atoms. The number of para-hydroxylation sites is 1. The highest BCUT2D eigenvalue weighted by molar-refractivity contribution is 7.17. The van der Waals surface area contributed by atoms with Crippen molar-refractivity contribution in [1.82, 2.24) is 10.3 Å². The summed E-state index contributed by atoms with van der Waals surface area (Å²) in [6.45, 7) is 5.18. The number of thiazole rings is 1. The number of amides is 1. The van der Waals surface area contributed by atoms with E-state index in [9.17, 15) is 4.79 Å². The van der Waals surface area contributed by atoms with Gasteiger partial charge in [0, 0.05) is 17.5 Å². The van der Waals surface area contributed by atoms with Crippen LogP contribution in [-0.2, 0) is 6.42 Å². The number of nitriles is 1. The maximum Gasteiger partial charge on any atom is 0.263 e. The van der Waals surface area contributed by atoms with Crippen molar-refractivity contribution in [2.24, 2.45) is 0 Å². The Morgan fingerprint density at radius 3 is 3.00 bits per heavy atom. The van der Waals surface area contributed by atoms with Gasteiger partial charge in [-0.15, -0.1) is 0 Å². The molecule has 0 bridgehead atoms. The van der Waals surface area contributed by atoms with E-state index >= 15 is 0 Å². The molecule has 8 heteroatoms. The van der Waals surface area contributed by atoms with Gasteiger partial charge in [-0.05, 0) is 37.6 Å². The lowest BCUT2D eigenvalue weighted by atomic mass is 9.94. The molecule has 0 aliphatic carbocycles. The van der Waals surface area contributed by atoms with E-state index < -0.39 is 0 Å². The predicted octanol–water partition coefficient (Wildman–Crippen LogP) is 4.31. The number of aromatic nitrogens is 1. The van der Waals surface area contributed by atoms with Gasteiger partial charge in [0.25, 0.3) is 5.91 Å². The highest BCUT2D eigenvalue weighted by Crippen LogP contribution is 2.43. The van der Waals surface area contributed by atoms with Gasteiger partial charge in [-0.3, -0.25) is 4.79 Å². The highest BCUT2D eigenvalue weighted by atomic mass is 32.1. The molecule has 162 valence electrons. The summed E-state index contributed by atoms with van der Waals surface area (Å²) in [4.78, 5) is 20.2. The summed E-state index contributed by atoms with van der Waals surface area (Å²) in [7, 11) is 0. The first-order valence-corrected chi connectivity index (χ1v) is 11.2. The van der Waals surface area contributed by atoms with Gasteiger partial charge < -0.3 is 19.7 Å². The van der Waals surface area contributed by atoms with Crippen molar-refractivity contribution in [3.63, 3.8) is 0 Å². The maximum absolute atomic E-state index is 12.6. The first-order chi connectivity index (χ1) is 15.4. The molecule has 0 fully saturated rings. The molecule has 0 atom stereocenters. The van der Waals surface area contributed by atoms with Gasteiger partial charge in [0.2, 0.25) is 0 Å². The zero-order chi connectivity index (χ0) is 22.3. The largest absolute Gasteiger partial charge is 0.490 e. The van der Waals surface area contributed by atoms with Crippen LogP contribution in [0.3, 0.4) is 0 Å². The van der Waals surface area contributed by atoms with E-state index in [0.29, 0.717) is 30.2 Å². The normalized spacial score (nSPS) is 16.3. The quantitative estimate of drug-likeness (QED) is 0.643. The fourth-order valence-electron chi connectivity index (χ4n) is 4.10. The number of nitrogens with one attached hydrogen (secondary N) is 1. The van der Waals surface area contributed by atoms with Crippen molar-refractivity contribution in [2.45, 2.75) is 25.8 Å². The average Bonchev–Trinajstić information content (AvgIpc) is 3.20. The van der Waals surface area contributed by atoms with Crippen LogP contribution in [-0.4, -0.2) is 36.2 Å². The minimum absolute atomic E-state index is 0.0136. The lowest BCUT2D eigenvalue weighted by molar-refractivity contribution is 0.0901. The molecular weight excluding hydrogens is 424 g/mol. The molecule has 1 amide bonds. The number of hydrogen-bond acceptors (Lipinski definition) is 7. The van der Waals surface area contributed by atoms with Crippen molar-refractivity contribution >= 4 is 28.1 Å². The topological polar surface area (TPSA) is 87.5 Å². The second-order valence-electron chi connectivity index (χ2n) is 8.41. The van der Waals surface area contributed by atoms with Crippen LogP contribution in [0.15, 0.2) is 42.5 Å². The zero-order valence-corrected chi connectivity index (χ0v) is 18.7. The number of benzene rings is 2. The van der Waals surface area contributed by atoms with Crippen LogP contribution in [0.2, 0.25) is 0 Å². The van der Waals surface area contributed by atoms with E-state index in [4.69, 9.17) is 19.7 Å². The van der Waals surface area contributed by atoms with Gasteiger partial charge in [-0.25, -0.2) is 4.98 Å². The molecule has 2 aliphatic rings. The van der Waals surface area contributed by atoms with Crippen molar-refractivity contribution in [1.29, 1.82) is 5.26 Å². The van der Waals surface area contributed by atoms with Crippen molar-refractivity contribution in [2.75, 3.05) is 24.7 Å². The smallest absolute Gasteiger partial charge is 0.263 e. The maximum atomic E-state index is 12.6. The molecule has 1 aromatic heterocycles. The van der Waals surface area contributed by atoms with E-state index in [1.807, 2.05) is 62.4 Å². The van der Waals surface area contributed by atoms with Crippen LogP contribution < -0.4 is 19.7 Å². The molecule has 0 radical (unpaired) electrons. The first-order valence-electron chi connectivity index (χ1n) is 10.4. The van der Waals surface area contributed by atoms with E-state index in [2.05, 4.69) is 10.2 Å². The van der Waals surface area contributed by atoms with Gasteiger partial charge in [-0.2, -0.15) is 5.26 Å². The molecule has 7 nitrogen and oxygen atoms in total. The molecule has 3 heterocycles. The molecule has 3 aromatic rings. The Balaban J connectivity index is 1.54. The first kappa shape index (κ1) is 20.3. The van der Waals surface area contributed by atoms with Crippen molar-refractivity contribution < 1.29 is 14.3 Å². The third-order valence-corrected chi connectivity index (χ3v) is 6.62. The second-order valence-corrected chi connectivity index (χ2v) is 9.39. The number of ether oxygens (including phenoxy) is 2. The van der Waals surface area contributed by atoms with Gasteiger partial charge in [0.05, 0.1) is 17.9 Å². The summed E-state index contributed by atoms with van der Waals surface area (Å²) in [6, 6.07) is 15.7. The Bertz CT molecular complexity index is 1240. The zero-order valence-electron chi connectivity index (χ0n) is 17.8. The molecular formula is C24H22N4O3S.